The zero-order valence-corrected chi connectivity index (χ0v) is 25.7. The number of carbonyl (C=O) groups excluding carboxylic acids is 2. The average Bonchev–Trinajstić information content (AvgIpc) is 3.21. The Morgan fingerprint density at radius 3 is 2.28 bits per heavy atom. The predicted octanol–water partition coefficient (Wildman–Crippen LogP) is 7.30. The van der Waals surface area contributed by atoms with Crippen molar-refractivity contribution in [3.05, 3.63) is 64.6 Å². The number of furan rings is 1. The minimum atomic E-state index is -4.11. The van der Waals surface area contributed by atoms with Crippen LogP contribution < -0.4 is 5.32 Å². The second kappa shape index (κ2) is 11.1. The number of esters is 1. The van der Waals surface area contributed by atoms with Crippen molar-refractivity contribution in [3.63, 3.8) is 0 Å². The molecule has 0 radical (unpaired) electrons. The smallest absolute Gasteiger partial charge is 0.304 e. The van der Waals surface area contributed by atoms with E-state index in [0.717, 1.165) is 0 Å². The van der Waals surface area contributed by atoms with Gasteiger partial charge in [0.1, 0.15) is 5.69 Å². The van der Waals surface area contributed by atoms with Gasteiger partial charge < -0.3 is 14.5 Å². The van der Waals surface area contributed by atoms with Gasteiger partial charge in [-0.3, -0.25) is 9.59 Å². The van der Waals surface area contributed by atoms with E-state index in [-0.39, 0.29) is 16.8 Å². The molecule has 4 aromatic rings. The van der Waals surface area contributed by atoms with Crippen LogP contribution >= 0.6 is 45.8 Å². The summed E-state index contributed by atoms with van der Waals surface area (Å²) in [5.74, 6) is -1.41. The van der Waals surface area contributed by atoms with Crippen LogP contribution in [0.25, 0.3) is 33.5 Å². The van der Waals surface area contributed by atoms with Crippen molar-refractivity contribution >= 4 is 84.3 Å². The lowest BCUT2D eigenvalue weighted by atomic mass is 9.98. The van der Waals surface area contributed by atoms with Gasteiger partial charge >= 0.3 is 5.97 Å². The molecule has 1 atom stereocenters. The van der Waals surface area contributed by atoms with Crippen molar-refractivity contribution < 1.29 is 27.2 Å². The zero-order valence-electron chi connectivity index (χ0n) is 21.2. The second-order valence-electron chi connectivity index (χ2n) is 9.52. The van der Waals surface area contributed by atoms with E-state index in [9.17, 15) is 18.0 Å². The van der Waals surface area contributed by atoms with Gasteiger partial charge in [-0.25, -0.2) is 13.4 Å². The number of carbonyl (C=O) groups is 2. The summed E-state index contributed by atoms with van der Waals surface area (Å²) < 4.78 is 35.5. The molecule has 1 unspecified atom stereocenters. The van der Waals surface area contributed by atoms with Crippen LogP contribution in [0.2, 0.25) is 10.0 Å². The highest BCUT2D eigenvalue weighted by molar-refractivity contribution is 14.1. The first-order valence-electron chi connectivity index (χ1n) is 11.6. The molecule has 39 heavy (non-hydrogen) atoms. The average molecular weight is 701 g/mol. The highest BCUT2D eigenvalue weighted by atomic mass is 127. The lowest BCUT2D eigenvalue weighted by molar-refractivity contribution is -0.146. The number of benzene rings is 2. The van der Waals surface area contributed by atoms with E-state index in [4.69, 9.17) is 37.3 Å². The van der Waals surface area contributed by atoms with Crippen LogP contribution in [0.4, 0.5) is 5.69 Å². The molecule has 0 aliphatic carbocycles. The van der Waals surface area contributed by atoms with Crippen LogP contribution in [0, 0.1) is 0 Å². The standard InChI is InChI=1S/C27H23Cl2IN2O6S/c1-14(33)37-23(30)24(34)31-22-19-13-18(15-9-11-16(28)12-10-15)21(17-7-5-6-8-20(17)29)32-25(19)38-26(22)39(35,36)27(2,3)4/h5-13,23H,1-4H3,(H,31,34). The Labute approximate surface area is 249 Å². The topological polar surface area (TPSA) is 116 Å². The van der Waals surface area contributed by atoms with Gasteiger partial charge in [0.2, 0.25) is 24.8 Å². The van der Waals surface area contributed by atoms with Gasteiger partial charge in [0.05, 0.1) is 15.8 Å². The number of fused-ring (bicyclic) bond motifs is 1. The van der Waals surface area contributed by atoms with E-state index in [1.54, 1.807) is 77.2 Å². The summed E-state index contributed by atoms with van der Waals surface area (Å²) in [5.41, 5.74) is 2.21. The third-order valence-corrected chi connectivity index (χ3v) is 9.50. The lowest BCUT2D eigenvalue weighted by Gasteiger charge is -2.18. The minimum absolute atomic E-state index is 0.0294. The summed E-state index contributed by atoms with van der Waals surface area (Å²) in [7, 11) is -4.11. The Morgan fingerprint density at radius 1 is 1.05 bits per heavy atom. The molecule has 8 nitrogen and oxygen atoms in total. The first-order chi connectivity index (χ1) is 18.2. The van der Waals surface area contributed by atoms with Crippen molar-refractivity contribution in [2.24, 2.45) is 0 Å². The number of amides is 1. The molecule has 0 spiro atoms. The summed E-state index contributed by atoms with van der Waals surface area (Å²) in [4.78, 5) is 29.1. The molecule has 12 heteroatoms. The molecule has 2 aromatic heterocycles. The first-order valence-corrected chi connectivity index (χ1v) is 15.0. The summed E-state index contributed by atoms with van der Waals surface area (Å²) in [6.45, 7) is 5.72. The molecule has 1 amide bonds. The predicted molar refractivity (Wildman–Crippen MR) is 160 cm³/mol. The molecule has 0 fully saturated rings. The van der Waals surface area contributed by atoms with Crippen LogP contribution in [0.3, 0.4) is 0 Å². The van der Waals surface area contributed by atoms with Gasteiger partial charge in [-0.05, 0) is 73.2 Å². The maximum atomic E-state index is 13.6. The molecule has 0 aliphatic heterocycles. The van der Waals surface area contributed by atoms with Crippen molar-refractivity contribution in [1.82, 2.24) is 4.98 Å². The number of aromatic nitrogens is 1. The Kier molecular flexibility index (Phi) is 8.32. The summed E-state index contributed by atoms with van der Waals surface area (Å²) in [6, 6.07) is 15.8. The zero-order chi connectivity index (χ0) is 28.7. The number of hydrogen-bond acceptors (Lipinski definition) is 7. The highest BCUT2D eigenvalue weighted by Gasteiger charge is 2.39. The fourth-order valence-electron chi connectivity index (χ4n) is 3.68. The summed E-state index contributed by atoms with van der Waals surface area (Å²) in [6.07, 6.45) is 0. The monoisotopic (exact) mass is 700 g/mol. The normalized spacial score (nSPS) is 12.8. The number of anilines is 1. The van der Waals surface area contributed by atoms with Gasteiger partial charge in [-0.1, -0.05) is 53.5 Å². The molecule has 2 aromatic carbocycles. The van der Waals surface area contributed by atoms with Crippen LogP contribution in [0.1, 0.15) is 27.7 Å². The number of rotatable bonds is 6. The third kappa shape index (κ3) is 5.93. The van der Waals surface area contributed by atoms with Crippen LogP contribution in [-0.2, 0) is 24.2 Å². The number of pyridine rings is 1. The molecule has 1 N–H and O–H groups in total. The van der Waals surface area contributed by atoms with Crippen molar-refractivity contribution in [2.45, 2.75) is 41.6 Å². The van der Waals surface area contributed by atoms with Crippen LogP contribution in [0.5, 0.6) is 0 Å². The molecule has 2 heterocycles. The van der Waals surface area contributed by atoms with Crippen molar-refractivity contribution in [2.75, 3.05) is 5.32 Å². The minimum Gasteiger partial charge on any atom is -0.442 e. The molecule has 0 aliphatic rings. The van der Waals surface area contributed by atoms with Crippen LogP contribution in [-0.4, -0.2) is 34.1 Å². The van der Waals surface area contributed by atoms with Gasteiger partial charge in [0.25, 0.3) is 5.91 Å². The largest absolute Gasteiger partial charge is 0.442 e. The Bertz CT molecular complexity index is 1700. The lowest BCUT2D eigenvalue weighted by Crippen LogP contribution is -2.30. The van der Waals surface area contributed by atoms with Crippen molar-refractivity contribution in [3.8, 4) is 22.4 Å². The molecule has 4 rings (SSSR count). The number of sulfone groups is 1. The fraction of sp³-hybridized carbons (Fsp3) is 0.222. The SMILES string of the molecule is CC(=O)OC(I)C(=O)Nc1c(S(=O)(=O)C(C)(C)C)oc2nc(-c3ccccc3Cl)c(-c3ccc(Cl)cc3)cc12. The van der Waals surface area contributed by atoms with Gasteiger partial charge in [0.15, 0.2) is 0 Å². The van der Waals surface area contributed by atoms with Gasteiger partial charge in [-0.15, -0.1) is 0 Å². The Morgan fingerprint density at radius 2 is 1.69 bits per heavy atom. The van der Waals surface area contributed by atoms with E-state index in [1.165, 1.54) is 27.7 Å². The molecular formula is C27H23Cl2IN2O6S. The van der Waals surface area contributed by atoms with Crippen molar-refractivity contribution in [1.29, 1.82) is 0 Å². The van der Waals surface area contributed by atoms with E-state index in [1.807, 2.05) is 0 Å². The number of nitrogens with one attached hydrogen (secondary N) is 1. The highest BCUT2D eigenvalue weighted by Crippen LogP contribution is 2.43. The van der Waals surface area contributed by atoms with Crippen LogP contribution in [0.15, 0.2) is 64.1 Å². The van der Waals surface area contributed by atoms with E-state index in [0.29, 0.717) is 32.4 Å². The van der Waals surface area contributed by atoms with E-state index >= 15 is 0 Å². The first kappa shape index (κ1) is 29.3. The van der Waals surface area contributed by atoms with E-state index in [2.05, 4.69) is 5.32 Å². The molecule has 0 bridgehead atoms. The second-order valence-corrected chi connectivity index (χ2v) is 14.1. The van der Waals surface area contributed by atoms with Gasteiger partial charge in [0, 0.05) is 28.1 Å². The number of ether oxygens (including phenoxy) is 1. The number of nitrogens with zero attached hydrogens (tertiary/aromatic N) is 1. The number of hydrogen-bond donors (Lipinski definition) is 1. The Balaban J connectivity index is 2.05. The quantitative estimate of drug-likeness (QED) is 0.127. The van der Waals surface area contributed by atoms with Gasteiger partial charge in [-0.2, -0.15) is 0 Å². The molecule has 0 saturated heterocycles. The summed E-state index contributed by atoms with van der Waals surface area (Å²) in [5, 5.41) is 3.32. The number of alkyl halides is 1. The third-order valence-electron chi connectivity index (χ3n) is 5.71. The molecular weight excluding hydrogens is 678 g/mol. The number of halogens is 3. The molecule has 204 valence electrons. The molecule has 0 saturated carbocycles. The van der Waals surface area contributed by atoms with E-state index < -0.39 is 35.7 Å². The maximum Gasteiger partial charge on any atom is 0.304 e. The fourth-order valence-corrected chi connectivity index (χ4v) is 5.71. The maximum absolute atomic E-state index is 13.6. The summed E-state index contributed by atoms with van der Waals surface area (Å²) >= 11 is 14.3. The Hall–Kier alpha value is -2.67.